The summed E-state index contributed by atoms with van der Waals surface area (Å²) in [7, 11) is 0. The molecule has 0 aromatic heterocycles. The minimum absolute atomic E-state index is 0.0329. The van der Waals surface area contributed by atoms with Crippen LogP contribution in [0.4, 0.5) is 27.5 Å². The van der Waals surface area contributed by atoms with Gasteiger partial charge in [-0.15, -0.1) is 0 Å². The van der Waals surface area contributed by atoms with Crippen molar-refractivity contribution in [3.8, 4) is 0 Å². The molecule has 1 fully saturated rings. The van der Waals surface area contributed by atoms with E-state index in [2.05, 4.69) is 10.6 Å². The predicted molar refractivity (Wildman–Crippen MR) is 120 cm³/mol. The summed E-state index contributed by atoms with van der Waals surface area (Å²) in [4.78, 5) is 28.4. The standard InChI is InChI=1S/C24H24N4O2/c1-18-7-13-22(14-8-18)28-16-15-27(24(28)30)17-23(29)26-21-11-9-20(10-12-21)25-19-5-3-2-4-6-19/h2-14,25H,15-17H2,1H3,(H,26,29). The lowest BCUT2D eigenvalue weighted by molar-refractivity contribution is -0.116. The molecule has 0 radical (unpaired) electrons. The van der Waals surface area contributed by atoms with Crippen LogP contribution in [-0.2, 0) is 4.79 Å². The topological polar surface area (TPSA) is 64.7 Å². The van der Waals surface area contributed by atoms with Gasteiger partial charge in [-0.2, -0.15) is 0 Å². The normalized spacial score (nSPS) is 13.4. The van der Waals surface area contributed by atoms with E-state index in [0.29, 0.717) is 18.8 Å². The molecule has 2 N–H and O–H groups in total. The molecule has 6 heteroatoms. The predicted octanol–water partition coefficient (Wildman–Crippen LogP) is 4.62. The fraction of sp³-hybridized carbons (Fsp3) is 0.167. The second kappa shape index (κ2) is 8.69. The van der Waals surface area contributed by atoms with Gasteiger partial charge < -0.3 is 15.5 Å². The van der Waals surface area contributed by atoms with E-state index in [1.54, 1.807) is 9.80 Å². The van der Waals surface area contributed by atoms with Gasteiger partial charge in [-0.05, 0) is 55.5 Å². The highest BCUT2D eigenvalue weighted by molar-refractivity contribution is 5.99. The first-order valence-corrected chi connectivity index (χ1v) is 9.93. The van der Waals surface area contributed by atoms with Crippen molar-refractivity contribution in [3.63, 3.8) is 0 Å². The third-order valence-electron chi connectivity index (χ3n) is 5.01. The average Bonchev–Trinajstić information content (AvgIpc) is 3.11. The Morgan fingerprint density at radius 1 is 0.833 bits per heavy atom. The third-order valence-corrected chi connectivity index (χ3v) is 5.01. The van der Waals surface area contributed by atoms with E-state index in [9.17, 15) is 9.59 Å². The summed E-state index contributed by atoms with van der Waals surface area (Å²) in [5, 5.41) is 6.17. The maximum atomic E-state index is 12.7. The Morgan fingerprint density at radius 2 is 1.47 bits per heavy atom. The molecule has 152 valence electrons. The summed E-state index contributed by atoms with van der Waals surface area (Å²) >= 11 is 0. The molecule has 0 spiro atoms. The number of urea groups is 1. The quantitative estimate of drug-likeness (QED) is 0.635. The van der Waals surface area contributed by atoms with E-state index < -0.39 is 0 Å². The number of amides is 3. The zero-order chi connectivity index (χ0) is 20.9. The number of aryl methyl sites for hydroxylation is 1. The molecule has 6 nitrogen and oxygen atoms in total. The average molecular weight is 400 g/mol. The number of anilines is 4. The molecule has 3 aromatic rings. The van der Waals surface area contributed by atoms with Gasteiger partial charge in [0.05, 0.1) is 0 Å². The molecule has 30 heavy (non-hydrogen) atoms. The van der Waals surface area contributed by atoms with Crippen LogP contribution in [0.1, 0.15) is 5.56 Å². The van der Waals surface area contributed by atoms with E-state index in [1.807, 2.05) is 85.8 Å². The van der Waals surface area contributed by atoms with Gasteiger partial charge in [0.1, 0.15) is 6.54 Å². The van der Waals surface area contributed by atoms with Crippen molar-refractivity contribution in [3.05, 3.63) is 84.4 Å². The fourth-order valence-electron chi connectivity index (χ4n) is 3.39. The minimum atomic E-state index is -0.210. The molecule has 0 aliphatic carbocycles. The monoisotopic (exact) mass is 400 g/mol. The lowest BCUT2D eigenvalue weighted by Crippen LogP contribution is -2.37. The van der Waals surface area contributed by atoms with Gasteiger partial charge in [0.15, 0.2) is 0 Å². The van der Waals surface area contributed by atoms with Crippen LogP contribution >= 0.6 is 0 Å². The lowest BCUT2D eigenvalue weighted by atomic mass is 10.2. The van der Waals surface area contributed by atoms with Crippen LogP contribution in [-0.4, -0.2) is 36.5 Å². The minimum Gasteiger partial charge on any atom is -0.356 e. The van der Waals surface area contributed by atoms with Crippen LogP contribution in [0.2, 0.25) is 0 Å². The van der Waals surface area contributed by atoms with Crippen molar-refractivity contribution in [2.24, 2.45) is 0 Å². The number of carbonyl (C=O) groups excluding carboxylic acids is 2. The van der Waals surface area contributed by atoms with Crippen molar-refractivity contribution in [1.29, 1.82) is 0 Å². The summed E-state index contributed by atoms with van der Waals surface area (Å²) in [6.45, 7) is 3.15. The van der Waals surface area contributed by atoms with Crippen LogP contribution in [0.25, 0.3) is 0 Å². The zero-order valence-electron chi connectivity index (χ0n) is 16.8. The van der Waals surface area contributed by atoms with Gasteiger partial charge in [0.2, 0.25) is 5.91 Å². The van der Waals surface area contributed by atoms with Gasteiger partial charge in [-0.1, -0.05) is 35.9 Å². The first-order valence-electron chi connectivity index (χ1n) is 9.93. The number of para-hydroxylation sites is 1. The van der Waals surface area contributed by atoms with Crippen LogP contribution in [0, 0.1) is 6.92 Å². The molecule has 0 atom stereocenters. The molecular formula is C24H24N4O2. The molecule has 3 aromatic carbocycles. The highest BCUT2D eigenvalue weighted by Crippen LogP contribution is 2.21. The Hall–Kier alpha value is -3.80. The van der Waals surface area contributed by atoms with Gasteiger partial charge in [-0.25, -0.2) is 4.79 Å². The van der Waals surface area contributed by atoms with E-state index in [-0.39, 0.29) is 18.5 Å². The Labute approximate surface area is 176 Å². The number of benzene rings is 3. The van der Waals surface area contributed by atoms with E-state index in [0.717, 1.165) is 22.6 Å². The highest BCUT2D eigenvalue weighted by atomic mass is 16.2. The maximum absolute atomic E-state index is 12.7. The van der Waals surface area contributed by atoms with Crippen molar-refractivity contribution in [1.82, 2.24) is 4.90 Å². The number of nitrogens with zero attached hydrogens (tertiary/aromatic N) is 2. The molecule has 0 bridgehead atoms. The molecule has 0 unspecified atom stereocenters. The van der Waals surface area contributed by atoms with Gasteiger partial charge in [0.25, 0.3) is 0 Å². The Morgan fingerprint density at radius 3 is 2.17 bits per heavy atom. The molecule has 3 amide bonds. The van der Waals surface area contributed by atoms with Crippen LogP contribution in [0.3, 0.4) is 0 Å². The lowest BCUT2D eigenvalue weighted by Gasteiger charge is -2.18. The maximum Gasteiger partial charge on any atom is 0.325 e. The van der Waals surface area contributed by atoms with Gasteiger partial charge >= 0.3 is 6.03 Å². The van der Waals surface area contributed by atoms with Crippen LogP contribution in [0.5, 0.6) is 0 Å². The molecular weight excluding hydrogens is 376 g/mol. The van der Waals surface area contributed by atoms with Crippen molar-refractivity contribution in [2.45, 2.75) is 6.92 Å². The number of nitrogens with one attached hydrogen (secondary N) is 2. The number of rotatable bonds is 6. The van der Waals surface area contributed by atoms with E-state index in [1.165, 1.54) is 0 Å². The first-order chi connectivity index (χ1) is 14.6. The molecule has 1 heterocycles. The molecule has 1 aliphatic rings. The van der Waals surface area contributed by atoms with Crippen molar-refractivity contribution in [2.75, 3.05) is 35.2 Å². The first kappa shape index (κ1) is 19.5. The second-order valence-electron chi connectivity index (χ2n) is 7.31. The highest BCUT2D eigenvalue weighted by Gasteiger charge is 2.30. The SMILES string of the molecule is Cc1ccc(N2CCN(CC(=O)Nc3ccc(Nc4ccccc4)cc3)C2=O)cc1. The van der Waals surface area contributed by atoms with Crippen molar-refractivity contribution < 1.29 is 9.59 Å². The Balaban J connectivity index is 1.31. The summed E-state index contributed by atoms with van der Waals surface area (Å²) in [6.07, 6.45) is 0. The fourth-order valence-corrected chi connectivity index (χ4v) is 3.39. The second-order valence-corrected chi connectivity index (χ2v) is 7.31. The summed E-state index contributed by atoms with van der Waals surface area (Å²) in [5.74, 6) is -0.210. The molecule has 1 aliphatic heterocycles. The van der Waals surface area contributed by atoms with Gasteiger partial charge in [-0.3, -0.25) is 9.69 Å². The van der Waals surface area contributed by atoms with E-state index >= 15 is 0 Å². The summed E-state index contributed by atoms with van der Waals surface area (Å²) in [6, 6.07) is 25.1. The van der Waals surface area contributed by atoms with Crippen LogP contribution < -0.4 is 15.5 Å². The van der Waals surface area contributed by atoms with Gasteiger partial charge in [0, 0.05) is 35.8 Å². The third kappa shape index (κ3) is 4.60. The Bertz CT molecular complexity index is 1020. The zero-order valence-corrected chi connectivity index (χ0v) is 16.8. The Kier molecular flexibility index (Phi) is 5.66. The molecule has 1 saturated heterocycles. The number of hydrogen-bond acceptors (Lipinski definition) is 3. The number of carbonyl (C=O) groups is 2. The summed E-state index contributed by atoms with van der Waals surface area (Å²) in [5.41, 5.74) is 4.63. The van der Waals surface area contributed by atoms with E-state index in [4.69, 9.17) is 0 Å². The smallest absolute Gasteiger partial charge is 0.325 e. The van der Waals surface area contributed by atoms with Crippen molar-refractivity contribution >= 4 is 34.7 Å². The molecule has 0 saturated carbocycles. The largest absolute Gasteiger partial charge is 0.356 e. The van der Waals surface area contributed by atoms with Crippen LogP contribution in [0.15, 0.2) is 78.9 Å². The summed E-state index contributed by atoms with van der Waals surface area (Å²) < 4.78 is 0. The number of hydrogen-bond donors (Lipinski definition) is 2. The molecule has 4 rings (SSSR count).